The van der Waals surface area contributed by atoms with Crippen molar-refractivity contribution in [3.05, 3.63) is 18.0 Å². The van der Waals surface area contributed by atoms with Gasteiger partial charge in [-0.25, -0.2) is 18.4 Å². The number of nitrogens with one attached hydrogen (secondary N) is 1. The predicted molar refractivity (Wildman–Crippen MR) is 62.1 cm³/mol. The van der Waals surface area contributed by atoms with Crippen molar-refractivity contribution in [2.24, 2.45) is 0 Å². The Morgan fingerprint density at radius 1 is 1.53 bits per heavy atom. The van der Waals surface area contributed by atoms with Crippen LogP contribution in [0.1, 0.15) is 19.5 Å². The summed E-state index contributed by atoms with van der Waals surface area (Å²) >= 11 is 0. The van der Waals surface area contributed by atoms with E-state index in [2.05, 4.69) is 15.3 Å². The Kier molecular flexibility index (Phi) is 4.17. The molecule has 1 N–H and O–H groups in total. The Balaban J connectivity index is 2.83. The van der Waals surface area contributed by atoms with E-state index in [0.717, 1.165) is 6.26 Å². The second-order valence-corrected chi connectivity index (χ2v) is 5.82. The Hall–Kier alpha value is -1.50. The summed E-state index contributed by atoms with van der Waals surface area (Å²) in [5, 5.41) is 2.51. The number of hydrogen-bond donors (Lipinski definition) is 1. The maximum Gasteiger partial charge on any atom is 0.246 e. The number of amides is 1. The van der Waals surface area contributed by atoms with Crippen LogP contribution in [0.3, 0.4) is 0 Å². The van der Waals surface area contributed by atoms with Gasteiger partial charge in [0, 0.05) is 37.5 Å². The lowest BCUT2D eigenvalue weighted by molar-refractivity contribution is -0.119. The summed E-state index contributed by atoms with van der Waals surface area (Å²) in [7, 11) is -3.39. The minimum Gasteiger partial charge on any atom is -0.354 e. The SMILES string of the molecule is CC(=O)NC(C)Cc1ccnc(S(C)(=O)=O)n1. The lowest BCUT2D eigenvalue weighted by atomic mass is 10.2. The van der Waals surface area contributed by atoms with Gasteiger partial charge < -0.3 is 5.32 Å². The van der Waals surface area contributed by atoms with Crippen LogP contribution in [0, 0.1) is 0 Å². The van der Waals surface area contributed by atoms with Crippen molar-refractivity contribution in [3.63, 3.8) is 0 Å². The molecule has 1 amide bonds. The largest absolute Gasteiger partial charge is 0.354 e. The van der Waals surface area contributed by atoms with Gasteiger partial charge in [0.25, 0.3) is 0 Å². The van der Waals surface area contributed by atoms with Crippen molar-refractivity contribution in [2.75, 3.05) is 6.26 Å². The van der Waals surface area contributed by atoms with Crippen molar-refractivity contribution < 1.29 is 13.2 Å². The number of nitrogens with zero attached hydrogens (tertiary/aromatic N) is 2. The van der Waals surface area contributed by atoms with Crippen LogP contribution in [-0.2, 0) is 21.1 Å². The number of aromatic nitrogens is 2. The fourth-order valence-corrected chi connectivity index (χ4v) is 1.92. The van der Waals surface area contributed by atoms with E-state index in [0.29, 0.717) is 12.1 Å². The van der Waals surface area contributed by atoms with Crippen LogP contribution in [0.2, 0.25) is 0 Å². The van der Waals surface area contributed by atoms with E-state index in [4.69, 9.17) is 0 Å². The van der Waals surface area contributed by atoms with E-state index in [9.17, 15) is 13.2 Å². The van der Waals surface area contributed by atoms with Gasteiger partial charge in [0.1, 0.15) is 0 Å². The fourth-order valence-electron chi connectivity index (χ4n) is 1.38. The molecule has 6 nitrogen and oxygen atoms in total. The van der Waals surface area contributed by atoms with Crippen LogP contribution in [0.15, 0.2) is 17.4 Å². The molecule has 0 aliphatic heterocycles. The number of hydrogen-bond acceptors (Lipinski definition) is 5. The topological polar surface area (TPSA) is 89.0 Å². The zero-order valence-corrected chi connectivity index (χ0v) is 10.8. The zero-order chi connectivity index (χ0) is 13.1. The first-order valence-corrected chi connectivity index (χ1v) is 6.97. The van der Waals surface area contributed by atoms with E-state index in [1.165, 1.54) is 13.1 Å². The highest BCUT2D eigenvalue weighted by Crippen LogP contribution is 2.04. The molecular weight excluding hydrogens is 242 g/mol. The van der Waals surface area contributed by atoms with E-state index in [1.807, 2.05) is 6.92 Å². The van der Waals surface area contributed by atoms with Gasteiger partial charge in [-0.1, -0.05) is 0 Å². The summed E-state index contributed by atoms with van der Waals surface area (Å²) in [6, 6.07) is 1.53. The van der Waals surface area contributed by atoms with Crippen LogP contribution >= 0.6 is 0 Å². The van der Waals surface area contributed by atoms with Crippen LogP contribution < -0.4 is 5.32 Å². The minimum absolute atomic E-state index is 0.102. The van der Waals surface area contributed by atoms with Crippen molar-refractivity contribution in [3.8, 4) is 0 Å². The first-order valence-electron chi connectivity index (χ1n) is 5.08. The fraction of sp³-hybridized carbons (Fsp3) is 0.500. The molecule has 94 valence electrons. The van der Waals surface area contributed by atoms with Crippen molar-refractivity contribution >= 4 is 15.7 Å². The Morgan fingerprint density at radius 3 is 2.71 bits per heavy atom. The van der Waals surface area contributed by atoms with Crippen molar-refractivity contribution in [1.82, 2.24) is 15.3 Å². The molecule has 0 spiro atoms. The molecule has 1 aromatic heterocycles. The summed E-state index contributed by atoms with van der Waals surface area (Å²) in [6.45, 7) is 3.25. The molecule has 0 fully saturated rings. The van der Waals surface area contributed by atoms with Crippen LogP contribution in [0.25, 0.3) is 0 Å². The maximum absolute atomic E-state index is 11.3. The van der Waals surface area contributed by atoms with E-state index < -0.39 is 9.84 Å². The number of sulfone groups is 1. The summed E-state index contributed by atoms with van der Waals surface area (Å²) in [5.74, 6) is -0.130. The zero-order valence-electron chi connectivity index (χ0n) is 9.97. The van der Waals surface area contributed by atoms with Gasteiger partial charge in [0.15, 0.2) is 0 Å². The quantitative estimate of drug-likeness (QED) is 0.764. The number of carbonyl (C=O) groups is 1. The lowest BCUT2D eigenvalue weighted by Crippen LogP contribution is -2.32. The Labute approximate surface area is 100 Å². The highest BCUT2D eigenvalue weighted by atomic mass is 32.2. The third-order valence-corrected chi connectivity index (χ3v) is 2.85. The van der Waals surface area contributed by atoms with Gasteiger partial charge in [-0.3, -0.25) is 4.79 Å². The van der Waals surface area contributed by atoms with Gasteiger partial charge in [-0.05, 0) is 13.0 Å². The highest BCUT2D eigenvalue weighted by Gasteiger charge is 2.12. The normalized spacial score (nSPS) is 13.1. The van der Waals surface area contributed by atoms with Gasteiger partial charge in [0.2, 0.25) is 20.9 Å². The number of carbonyl (C=O) groups excluding carboxylic acids is 1. The smallest absolute Gasteiger partial charge is 0.246 e. The summed E-state index contributed by atoms with van der Waals surface area (Å²) in [5.41, 5.74) is 0.585. The Bertz CT molecular complexity index is 513. The molecule has 0 radical (unpaired) electrons. The average molecular weight is 257 g/mol. The minimum atomic E-state index is -3.39. The molecule has 0 bridgehead atoms. The maximum atomic E-state index is 11.3. The lowest BCUT2D eigenvalue weighted by Gasteiger charge is -2.11. The molecule has 1 aromatic rings. The molecule has 0 saturated carbocycles. The van der Waals surface area contributed by atoms with Crippen LogP contribution in [0.4, 0.5) is 0 Å². The first-order chi connectivity index (χ1) is 7.79. The molecule has 17 heavy (non-hydrogen) atoms. The van der Waals surface area contributed by atoms with Gasteiger partial charge in [-0.2, -0.15) is 0 Å². The molecule has 1 unspecified atom stereocenters. The second-order valence-electron chi connectivity index (χ2n) is 3.91. The summed E-state index contributed by atoms with van der Waals surface area (Å²) < 4.78 is 22.5. The Morgan fingerprint density at radius 2 is 2.18 bits per heavy atom. The average Bonchev–Trinajstić information content (AvgIpc) is 2.15. The summed E-state index contributed by atoms with van der Waals surface area (Å²) in [6.07, 6.45) is 2.92. The molecule has 1 heterocycles. The van der Waals surface area contributed by atoms with Crippen molar-refractivity contribution in [1.29, 1.82) is 0 Å². The first kappa shape index (κ1) is 13.6. The molecule has 0 saturated heterocycles. The van der Waals surface area contributed by atoms with Crippen LogP contribution in [0.5, 0.6) is 0 Å². The second kappa shape index (κ2) is 5.22. The highest BCUT2D eigenvalue weighted by molar-refractivity contribution is 7.90. The standard InChI is InChI=1S/C10H15N3O3S/c1-7(12-8(2)14)6-9-4-5-11-10(13-9)17(3,15)16/h4-5,7H,6H2,1-3H3,(H,12,14). The van der Waals surface area contributed by atoms with E-state index in [-0.39, 0.29) is 17.1 Å². The molecule has 0 aromatic carbocycles. The third kappa shape index (κ3) is 4.48. The molecule has 1 atom stereocenters. The van der Waals surface area contributed by atoms with Gasteiger partial charge in [0.05, 0.1) is 0 Å². The molecule has 7 heteroatoms. The summed E-state index contributed by atoms with van der Waals surface area (Å²) in [4.78, 5) is 18.5. The van der Waals surface area contributed by atoms with Crippen LogP contribution in [-0.4, -0.2) is 36.6 Å². The molecule has 0 aliphatic rings. The molecule has 1 rings (SSSR count). The van der Waals surface area contributed by atoms with E-state index in [1.54, 1.807) is 6.07 Å². The molecule has 0 aliphatic carbocycles. The van der Waals surface area contributed by atoms with Gasteiger partial charge in [-0.15, -0.1) is 0 Å². The predicted octanol–water partition coefficient (Wildman–Crippen LogP) is -0.0528. The number of rotatable bonds is 4. The van der Waals surface area contributed by atoms with Crippen molar-refractivity contribution in [2.45, 2.75) is 31.5 Å². The molecular formula is C10H15N3O3S. The third-order valence-electron chi connectivity index (χ3n) is 1.99. The monoisotopic (exact) mass is 257 g/mol. The van der Waals surface area contributed by atoms with E-state index >= 15 is 0 Å². The van der Waals surface area contributed by atoms with Gasteiger partial charge >= 0.3 is 0 Å².